The number of ether oxygens (including phenoxy) is 1. The molecule has 0 aromatic heterocycles. The van der Waals surface area contributed by atoms with Crippen LogP contribution < -0.4 is 5.32 Å². The molecule has 0 aliphatic carbocycles. The van der Waals surface area contributed by atoms with Crippen molar-refractivity contribution in [1.29, 1.82) is 0 Å². The van der Waals surface area contributed by atoms with E-state index in [0.717, 1.165) is 0 Å². The quantitative estimate of drug-likeness (QED) is 0.493. The molecule has 4 heteroatoms. The minimum atomic E-state index is -0.606. The van der Waals surface area contributed by atoms with E-state index in [9.17, 15) is 9.59 Å². The summed E-state index contributed by atoms with van der Waals surface area (Å²) < 4.78 is 4.59. The highest BCUT2D eigenvalue weighted by Gasteiger charge is 2.42. The fourth-order valence-corrected chi connectivity index (χ4v) is 1.67. The van der Waals surface area contributed by atoms with Crippen molar-refractivity contribution in [2.24, 2.45) is 17.8 Å². The van der Waals surface area contributed by atoms with Crippen molar-refractivity contribution in [3.8, 4) is 0 Å². The zero-order valence-corrected chi connectivity index (χ0v) is 8.16. The molecule has 1 amide bonds. The van der Waals surface area contributed by atoms with Gasteiger partial charge >= 0.3 is 5.97 Å². The maximum absolute atomic E-state index is 11.3. The summed E-state index contributed by atoms with van der Waals surface area (Å²) in [5.74, 6) is -0.854. The monoisotopic (exact) mass is 185 g/mol. The van der Waals surface area contributed by atoms with Crippen molar-refractivity contribution in [3.63, 3.8) is 0 Å². The highest BCUT2D eigenvalue weighted by molar-refractivity contribution is 5.99. The first-order valence-corrected chi connectivity index (χ1v) is 4.43. The summed E-state index contributed by atoms with van der Waals surface area (Å²) in [6.45, 7) is 4.58. The number of carbonyl (C=O) groups is 2. The minimum Gasteiger partial charge on any atom is -0.468 e. The average Bonchev–Trinajstić information content (AvgIpc) is 2.46. The molecule has 1 fully saturated rings. The van der Waals surface area contributed by atoms with Crippen molar-refractivity contribution < 1.29 is 14.3 Å². The largest absolute Gasteiger partial charge is 0.468 e. The van der Waals surface area contributed by atoms with Crippen LogP contribution in [0.3, 0.4) is 0 Å². The van der Waals surface area contributed by atoms with E-state index < -0.39 is 11.9 Å². The predicted octanol–water partition coefficient (Wildman–Crippen LogP) is 0.178. The molecule has 0 bridgehead atoms. The summed E-state index contributed by atoms with van der Waals surface area (Å²) in [4.78, 5) is 22.5. The highest BCUT2D eigenvalue weighted by atomic mass is 16.5. The SMILES string of the molecule is COC(=O)[C@H]1C(=O)NC[C@@H]1C(C)C. The number of methoxy groups -OCH3 is 1. The normalized spacial score (nSPS) is 27.5. The van der Waals surface area contributed by atoms with Crippen LogP contribution in [0.2, 0.25) is 0 Å². The average molecular weight is 185 g/mol. The van der Waals surface area contributed by atoms with Crippen molar-refractivity contribution in [2.75, 3.05) is 13.7 Å². The molecule has 1 aliphatic heterocycles. The molecule has 1 rings (SSSR count). The molecule has 74 valence electrons. The van der Waals surface area contributed by atoms with Crippen LogP contribution in [0.5, 0.6) is 0 Å². The molecule has 0 unspecified atom stereocenters. The molecule has 0 spiro atoms. The molecule has 0 aromatic carbocycles. The first-order valence-electron chi connectivity index (χ1n) is 4.43. The number of esters is 1. The van der Waals surface area contributed by atoms with Crippen LogP contribution >= 0.6 is 0 Å². The molecule has 1 aliphatic rings. The van der Waals surface area contributed by atoms with Gasteiger partial charge in [0, 0.05) is 12.5 Å². The Morgan fingerprint density at radius 2 is 2.23 bits per heavy atom. The topological polar surface area (TPSA) is 55.4 Å². The summed E-state index contributed by atoms with van der Waals surface area (Å²) in [5.41, 5.74) is 0. The molecule has 0 radical (unpaired) electrons. The van der Waals surface area contributed by atoms with E-state index in [2.05, 4.69) is 10.1 Å². The van der Waals surface area contributed by atoms with E-state index in [-0.39, 0.29) is 11.8 Å². The second-order valence-electron chi connectivity index (χ2n) is 3.65. The van der Waals surface area contributed by atoms with E-state index in [1.54, 1.807) is 0 Å². The lowest BCUT2D eigenvalue weighted by molar-refractivity contribution is -0.150. The van der Waals surface area contributed by atoms with Crippen LogP contribution in [0, 0.1) is 17.8 Å². The van der Waals surface area contributed by atoms with Crippen LogP contribution in [-0.4, -0.2) is 25.5 Å². The maximum atomic E-state index is 11.3. The van der Waals surface area contributed by atoms with E-state index in [1.165, 1.54) is 7.11 Å². The molecule has 4 nitrogen and oxygen atoms in total. The fourth-order valence-electron chi connectivity index (χ4n) is 1.67. The fraction of sp³-hybridized carbons (Fsp3) is 0.778. The molecule has 0 saturated carbocycles. The lowest BCUT2D eigenvalue weighted by atomic mass is 9.86. The van der Waals surface area contributed by atoms with Gasteiger partial charge in [-0.05, 0) is 5.92 Å². The predicted molar refractivity (Wildman–Crippen MR) is 46.8 cm³/mol. The lowest BCUT2D eigenvalue weighted by Gasteiger charge is -2.17. The van der Waals surface area contributed by atoms with Crippen LogP contribution in [0.15, 0.2) is 0 Å². The van der Waals surface area contributed by atoms with E-state index in [0.29, 0.717) is 12.5 Å². The van der Waals surface area contributed by atoms with Gasteiger partial charge in [0.1, 0.15) is 5.92 Å². The molecule has 1 N–H and O–H groups in total. The van der Waals surface area contributed by atoms with Gasteiger partial charge in [0.25, 0.3) is 0 Å². The van der Waals surface area contributed by atoms with Gasteiger partial charge in [-0.1, -0.05) is 13.8 Å². The van der Waals surface area contributed by atoms with Gasteiger partial charge in [-0.15, -0.1) is 0 Å². The number of rotatable bonds is 2. The van der Waals surface area contributed by atoms with Crippen molar-refractivity contribution in [2.45, 2.75) is 13.8 Å². The summed E-state index contributed by atoms with van der Waals surface area (Å²) in [5, 5.41) is 2.68. The second-order valence-corrected chi connectivity index (χ2v) is 3.65. The van der Waals surface area contributed by atoms with Crippen LogP contribution in [0.1, 0.15) is 13.8 Å². The third-order valence-corrected chi connectivity index (χ3v) is 2.53. The Morgan fingerprint density at radius 3 is 2.69 bits per heavy atom. The van der Waals surface area contributed by atoms with Crippen LogP contribution in [0.25, 0.3) is 0 Å². The van der Waals surface area contributed by atoms with E-state index in [4.69, 9.17) is 0 Å². The smallest absolute Gasteiger partial charge is 0.318 e. The molecular formula is C9H15NO3. The van der Waals surface area contributed by atoms with E-state index in [1.807, 2.05) is 13.8 Å². The third-order valence-electron chi connectivity index (χ3n) is 2.53. The molecular weight excluding hydrogens is 170 g/mol. The van der Waals surface area contributed by atoms with Gasteiger partial charge in [0.05, 0.1) is 7.11 Å². The van der Waals surface area contributed by atoms with E-state index >= 15 is 0 Å². The van der Waals surface area contributed by atoms with Gasteiger partial charge in [-0.2, -0.15) is 0 Å². The number of amides is 1. The first kappa shape index (κ1) is 10.0. The lowest BCUT2D eigenvalue weighted by Crippen LogP contribution is -2.30. The van der Waals surface area contributed by atoms with Crippen molar-refractivity contribution in [3.05, 3.63) is 0 Å². The number of hydrogen-bond acceptors (Lipinski definition) is 3. The van der Waals surface area contributed by atoms with Crippen molar-refractivity contribution >= 4 is 11.9 Å². The number of nitrogens with one attached hydrogen (secondary N) is 1. The molecule has 1 saturated heterocycles. The Kier molecular flexibility index (Phi) is 2.90. The highest BCUT2D eigenvalue weighted by Crippen LogP contribution is 2.26. The van der Waals surface area contributed by atoms with Gasteiger partial charge in [0.2, 0.25) is 5.91 Å². The van der Waals surface area contributed by atoms with Crippen LogP contribution in [-0.2, 0) is 14.3 Å². The molecule has 1 heterocycles. The summed E-state index contributed by atoms with van der Waals surface area (Å²) >= 11 is 0. The Morgan fingerprint density at radius 1 is 1.62 bits per heavy atom. The summed E-state index contributed by atoms with van der Waals surface area (Å²) in [6.07, 6.45) is 0. The summed E-state index contributed by atoms with van der Waals surface area (Å²) in [6, 6.07) is 0. The molecule has 0 aromatic rings. The number of hydrogen-bond donors (Lipinski definition) is 1. The zero-order chi connectivity index (χ0) is 10.0. The van der Waals surface area contributed by atoms with Gasteiger partial charge in [0.15, 0.2) is 0 Å². The first-order chi connectivity index (χ1) is 6.07. The summed E-state index contributed by atoms with van der Waals surface area (Å²) in [7, 11) is 1.31. The Labute approximate surface area is 77.6 Å². The Bertz CT molecular complexity index is 225. The standard InChI is InChI=1S/C9H15NO3/c1-5(2)6-4-10-8(11)7(6)9(12)13-3/h5-7H,4H2,1-3H3,(H,10,11)/t6-,7-/m1/s1. The minimum absolute atomic E-state index is 0.0694. The number of carbonyl (C=O) groups excluding carboxylic acids is 2. The third kappa shape index (κ3) is 1.82. The Hall–Kier alpha value is -1.06. The maximum Gasteiger partial charge on any atom is 0.318 e. The second kappa shape index (κ2) is 3.77. The van der Waals surface area contributed by atoms with Crippen LogP contribution in [0.4, 0.5) is 0 Å². The van der Waals surface area contributed by atoms with Gasteiger partial charge < -0.3 is 10.1 Å². The Balaban J connectivity index is 2.77. The van der Waals surface area contributed by atoms with Gasteiger partial charge in [-0.3, -0.25) is 9.59 Å². The van der Waals surface area contributed by atoms with Gasteiger partial charge in [-0.25, -0.2) is 0 Å². The molecule has 13 heavy (non-hydrogen) atoms. The van der Waals surface area contributed by atoms with Crippen molar-refractivity contribution in [1.82, 2.24) is 5.32 Å². The molecule has 2 atom stereocenters. The zero-order valence-electron chi connectivity index (χ0n) is 8.16.